The van der Waals surface area contributed by atoms with E-state index < -0.39 is 15.8 Å². The molecule has 2 aromatic rings. The van der Waals surface area contributed by atoms with Crippen LogP contribution in [0, 0.1) is 5.82 Å². The molecule has 5 nitrogen and oxygen atoms in total. The largest absolute Gasteiger partial charge is 0.322 e. The van der Waals surface area contributed by atoms with E-state index >= 15 is 0 Å². The molecule has 1 unspecified atom stereocenters. The van der Waals surface area contributed by atoms with Gasteiger partial charge in [-0.15, -0.1) is 0 Å². The molecule has 1 atom stereocenters. The average molecular weight is 383 g/mol. The van der Waals surface area contributed by atoms with Gasteiger partial charge in [0.1, 0.15) is 5.82 Å². The third-order valence-electron chi connectivity index (χ3n) is 4.03. The standard InChI is InChI=1S/C17H16ClFN2O3S/c1-10-7-12-8-11(3-6-16(12)21(10)25(2,23)24)17(22)20-13-4-5-15(19)14(18)9-13/h3-6,8-10H,7H2,1-2H3,(H,20,22). The van der Waals surface area contributed by atoms with Gasteiger partial charge in [0.2, 0.25) is 10.0 Å². The van der Waals surface area contributed by atoms with Crippen molar-refractivity contribution in [1.29, 1.82) is 0 Å². The van der Waals surface area contributed by atoms with E-state index in [1.54, 1.807) is 18.2 Å². The van der Waals surface area contributed by atoms with Gasteiger partial charge in [0, 0.05) is 17.3 Å². The molecule has 0 saturated carbocycles. The molecule has 1 aliphatic heterocycles. The Bertz CT molecular complexity index is 962. The van der Waals surface area contributed by atoms with Gasteiger partial charge < -0.3 is 5.32 Å². The molecule has 25 heavy (non-hydrogen) atoms. The Labute approximate surface area is 150 Å². The quantitative estimate of drug-likeness (QED) is 0.884. The lowest BCUT2D eigenvalue weighted by atomic mass is 10.1. The lowest BCUT2D eigenvalue weighted by Gasteiger charge is -2.21. The topological polar surface area (TPSA) is 66.5 Å². The summed E-state index contributed by atoms with van der Waals surface area (Å²) in [5, 5.41) is 2.57. The molecular formula is C17H16ClFN2O3S. The summed E-state index contributed by atoms with van der Waals surface area (Å²) in [6, 6.07) is 8.60. The zero-order chi connectivity index (χ0) is 18.4. The molecule has 0 aromatic heterocycles. The van der Waals surface area contributed by atoms with E-state index in [4.69, 9.17) is 11.6 Å². The average Bonchev–Trinajstić information content (AvgIpc) is 2.85. The molecule has 0 aliphatic carbocycles. The van der Waals surface area contributed by atoms with Crippen LogP contribution in [0.1, 0.15) is 22.8 Å². The van der Waals surface area contributed by atoms with Crippen LogP contribution in [0.15, 0.2) is 36.4 Å². The van der Waals surface area contributed by atoms with E-state index in [0.717, 1.165) is 11.8 Å². The fourth-order valence-electron chi connectivity index (χ4n) is 3.03. The fraction of sp³-hybridized carbons (Fsp3) is 0.235. The number of hydrogen-bond donors (Lipinski definition) is 1. The first-order chi connectivity index (χ1) is 11.7. The first kappa shape index (κ1) is 17.7. The summed E-state index contributed by atoms with van der Waals surface area (Å²) in [7, 11) is -3.37. The normalized spacial score (nSPS) is 16.6. The van der Waals surface area contributed by atoms with Crippen LogP contribution in [0.4, 0.5) is 15.8 Å². The van der Waals surface area contributed by atoms with Crippen molar-refractivity contribution in [3.8, 4) is 0 Å². The van der Waals surface area contributed by atoms with Crippen molar-refractivity contribution in [3.63, 3.8) is 0 Å². The number of carbonyl (C=O) groups is 1. The highest BCUT2D eigenvalue weighted by molar-refractivity contribution is 7.92. The number of rotatable bonds is 3. The van der Waals surface area contributed by atoms with Crippen molar-refractivity contribution in [1.82, 2.24) is 0 Å². The lowest BCUT2D eigenvalue weighted by molar-refractivity contribution is 0.102. The maximum absolute atomic E-state index is 13.2. The molecule has 0 radical (unpaired) electrons. The molecule has 2 aromatic carbocycles. The van der Waals surface area contributed by atoms with Gasteiger partial charge in [-0.25, -0.2) is 12.8 Å². The number of carbonyl (C=O) groups excluding carboxylic acids is 1. The number of anilines is 2. The number of nitrogens with zero attached hydrogens (tertiary/aromatic N) is 1. The number of hydrogen-bond acceptors (Lipinski definition) is 3. The fourth-order valence-corrected chi connectivity index (χ4v) is 4.47. The van der Waals surface area contributed by atoms with Crippen LogP contribution in [-0.4, -0.2) is 26.6 Å². The van der Waals surface area contributed by atoms with Gasteiger partial charge in [-0.2, -0.15) is 0 Å². The van der Waals surface area contributed by atoms with E-state index in [0.29, 0.717) is 23.4 Å². The third kappa shape index (κ3) is 3.48. The molecule has 3 rings (SSSR count). The smallest absolute Gasteiger partial charge is 0.255 e. The van der Waals surface area contributed by atoms with E-state index in [1.165, 1.54) is 22.5 Å². The van der Waals surface area contributed by atoms with Gasteiger partial charge in [-0.05, 0) is 55.3 Å². The lowest BCUT2D eigenvalue weighted by Crippen LogP contribution is -2.34. The number of halogens is 2. The third-order valence-corrected chi connectivity index (χ3v) is 5.59. The molecule has 0 bridgehead atoms. The van der Waals surface area contributed by atoms with Crippen molar-refractivity contribution in [2.45, 2.75) is 19.4 Å². The first-order valence-corrected chi connectivity index (χ1v) is 9.78. The summed E-state index contributed by atoms with van der Waals surface area (Å²) in [6.07, 6.45) is 1.70. The SMILES string of the molecule is CC1Cc2cc(C(=O)Nc3ccc(F)c(Cl)c3)ccc2N1S(C)(=O)=O. The van der Waals surface area contributed by atoms with Crippen LogP contribution >= 0.6 is 11.6 Å². The van der Waals surface area contributed by atoms with Crippen molar-refractivity contribution in [3.05, 3.63) is 58.4 Å². The van der Waals surface area contributed by atoms with Crippen LogP contribution in [0.3, 0.4) is 0 Å². The van der Waals surface area contributed by atoms with E-state index in [2.05, 4.69) is 5.32 Å². The summed E-state index contributed by atoms with van der Waals surface area (Å²) in [6.45, 7) is 1.82. The predicted molar refractivity (Wildman–Crippen MR) is 96.3 cm³/mol. The molecule has 0 saturated heterocycles. The van der Waals surface area contributed by atoms with Crippen LogP contribution in [0.5, 0.6) is 0 Å². The van der Waals surface area contributed by atoms with Crippen molar-refractivity contribution in [2.24, 2.45) is 0 Å². The minimum Gasteiger partial charge on any atom is -0.322 e. The Hall–Kier alpha value is -2.12. The second-order valence-corrected chi connectivity index (χ2v) is 8.31. The zero-order valence-electron chi connectivity index (χ0n) is 13.6. The summed E-state index contributed by atoms with van der Waals surface area (Å²) in [5.74, 6) is -0.942. The van der Waals surface area contributed by atoms with Crippen LogP contribution < -0.4 is 9.62 Å². The molecule has 1 aliphatic rings. The highest BCUT2D eigenvalue weighted by Crippen LogP contribution is 2.34. The molecule has 8 heteroatoms. The van der Waals surface area contributed by atoms with E-state index in [1.807, 2.05) is 6.92 Å². The maximum atomic E-state index is 13.2. The Balaban J connectivity index is 1.86. The van der Waals surface area contributed by atoms with E-state index in [9.17, 15) is 17.6 Å². The van der Waals surface area contributed by atoms with E-state index in [-0.39, 0.29) is 17.0 Å². The molecule has 1 amide bonds. The van der Waals surface area contributed by atoms with Gasteiger partial charge in [-0.1, -0.05) is 11.6 Å². The van der Waals surface area contributed by atoms with Gasteiger partial charge in [-0.3, -0.25) is 9.10 Å². The van der Waals surface area contributed by atoms with Crippen molar-refractivity contribution >= 4 is 38.9 Å². The summed E-state index contributed by atoms with van der Waals surface area (Å²) in [4.78, 5) is 12.4. The number of nitrogens with one attached hydrogen (secondary N) is 1. The number of sulfonamides is 1. The monoisotopic (exact) mass is 382 g/mol. The second-order valence-electron chi connectivity index (χ2n) is 6.04. The molecule has 132 valence electrons. The molecular weight excluding hydrogens is 367 g/mol. The Kier molecular flexibility index (Phi) is 4.47. The van der Waals surface area contributed by atoms with Gasteiger partial charge in [0.15, 0.2) is 0 Å². The van der Waals surface area contributed by atoms with Crippen LogP contribution in [-0.2, 0) is 16.4 Å². The maximum Gasteiger partial charge on any atom is 0.255 e. The van der Waals surface area contributed by atoms with Gasteiger partial charge in [0.05, 0.1) is 17.0 Å². The summed E-state index contributed by atoms with van der Waals surface area (Å²) < 4.78 is 38.4. The Morgan fingerprint density at radius 3 is 2.64 bits per heavy atom. The molecule has 0 spiro atoms. The summed E-state index contributed by atoms with van der Waals surface area (Å²) in [5.41, 5.74) is 2.16. The van der Waals surface area contributed by atoms with Crippen LogP contribution in [0.2, 0.25) is 5.02 Å². The predicted octanol–water partition coefficient (Wildman–Crippen LogP) is 3.44. The number of benzene rings is 2. The van der Waals surface area contributed by atoms with Crippen molar-refractivity contribution < 1.29 is 17.6 Å². The minimum absolute atomic E-state index is 0.0793. The van der Waals surface area contributed by atoms with Crippen LogP contribution in [0.25, 0.3) is 0 Å². The zero-order valence-corrected chi connectivity index (χ0v) is 15.2. The first-order valence-electron chi connectivity index (χ1n) is 7.55. The Morgan fingerprint density at radius 1 is 1.28 bits per heavy atom. The highest BCUT2D eigenvalue weighted by atomic mass is 35.5. The highest BCUT2D eigenvalue weighted by Gasteiger charge is 2.32. The molecule has 1 heterocycles. The Morgan fingerprint density at radius 2 is 2.00 bits per heavy atom. The second kappa shape index (κ2) is 6.31. The summed E-state index contributed by atoms with van der Waals surface area (Å²) >= 11 is 5.71. The molecule has 1 N–H and O–H groups in total. The minimum atomic E-state index is -3.37. The molecule has 0 fully saturated rings. The number of fused-ring (bicyclic) bond motifs is 1. The van der Waals surface area contributed by atoms with Gasteiger partial charge >= 0.3 is 0 Å². The van der Waals surface area contributed by atoms with Gasteiger partial charge in [0.25, 0.3) is 5.91 Å². The number of amides is 1. The van der Waals surface area contributed by atoms with Crippen molar-refractivity contribution in [2.75, 3.05) is 15.9 Å².